The number of thiophene rings is 1. The van der Waals surface area contributed by atoms with Crippen molar-refractivity contribution in [3.8, 4) is 0 Å². The van der Waals surface area contributed by atoms with Crippen molar-refractivity contribution in [2.24, 2.45) is 4.99 Å². The SMILES string of the molecule is O=C1N=C(c2ccccn2)Cc2c1sc1ccccc21. The molecule has 96 valence electrons. The maximum Gasteiger partial charge on any atom is 0.287 e. The standard InChI is InChI=1S/C16H10N2OS/c19-16-15-11(10-5-1-2-7-14(10)20-15)9-13(18-16)12-6-3-4-8-17-12/h1-8H,9H2. The number of carbonyl (C=O) groups is 1. The van der Waals surface area contributed by atoms with Gasteiger partial charge in [0.25, 0.3) is 5.91 Å². The Morgan fingerprint density at radius 3 is 2.75 bits per heavy atom. The highest BCUT2D eigenvalue weighted by molar-refractivity contribution is 7.21. The van der Waals surface area contributed by atoms with Crippen LogP contribution in [0.25, 0.3) is 10.1 Å². The van der Waals surface area contributed by atoms with Crippen molar-refractivity contribution in [3.63, 3.8) is 0 Å². The highest BCUT2D eigenvalue weighted by atomic mass is 32.1. The van der Waals surface area contributed by atoms with E-state index in [9.17, 15) is 4.79 Å². The highest BCUT2D eigenvalue weighted by Gasteiger charge is 2.25. The first-order valence-electron chi connectivity index (χ1n) is 6.36. The van der Waals surface area contributed by atoms with Crippen LogP contribution in [0.15, 0.2) is 53.7 Å². The van der Waals surface area contributed by atoms with E-state index < -0.39 is 0 Å². The second-order valence-corrected chi connectivity index (χ2v) is 5.71. The molecule has 0 atom stereocenters. The quantitative estimate of drug-likeness (QED) is 0.684. The third kappa shape index (κ3) is 1.69. The zero-order chi connectivity index (χ0) is 13.5. The molecule has 0 N–H and O–H groups in total. The minimum Gasteiger partial charge on any atom is -0.266 e. The number of benzene rings is 1. The number of aliphatic imine (C=N–C) groups is 1. The molecule has 0 radical (unpaired) electrons. The van der Waals surface area contributed by atoms with E-state index in [-0.39, 0.29) is 5.91 Å². The van der Waals surface area contributed by atoms with Gasteiger partial charge in [0.2, 0.25) is 0 Å². The Morgan fingerprint density at radius 2 is 1.90 bits per heavy atom. The third-order valence-electron chi connectivity index (χ3n) is 3.43. The van der Waals surface area contributed by atoms with Gasteiger partial charge in [-0.25, -0.2) is 4.99 Å². The van der Waals surface area contributed by atoms with Crippen LogP contribution in [-0.4, -0.2) is 16.6 Å². The number of rotatable bonds is 1. The Labute approximate surface area is 119 Å². The molecule has 0 fully saturated rings. The van der Waals surface area contributed by atoms with Crippen LogP contribution in [0.5, 0.6) is 0 Å². The number of carbonyl (C=O) groups excluding carboxylic acids is 1. The van der Waals surface area contributed by atoms with Crippen LogP contribution in [0, 0.1) is 0 Å². The van der Waals surface area contributed by atoms with E-state index >= 15 is 0 Å². The van der Waals surface area contributed by atoms with Crippen LogP contribution in [0.1, 0.15) is 20.9 Å². The second kappa shape index (κ2) is 4.35. The zero-order valence-corrected chi connectivity index (χ0v) is 11.4. The molecule has 2 aromatic heterocycles. The molecule has 3 nitrogen and oxygen atoms in total. The van der Waals surface area contributed by atoms with Gasteiger partial charge in [0.05, 0.1) is 16.3 Å². The Balaban J connectivity index is 1.88. The summed E-state index contributed by atoms with van der Waals surface area (Å²) in [5.74, 6) is -0.145. The van der Waals surface area contributed by atoms with Crippen LogP contribution in [-0.2, 0) is 6.42 Å². The number of fused-ring (bicyclic) bond motifs is 3. The van der Waals surface area contributed by atoms with E-state index in [1.54, 1.807) is 6.20 Å². The van der Waals surface area contributed by atoms with Crippen molar-refractivity contribution >= 4 is 33.0 Å². The van der Waals surface area contributed by atoms with Gasteiger partial charge in [-0.1, -0.05) is 24.3 Å². The van der Waals surface area contributed by atoms with Gasteiger partial charge in [-0.05, 0) is 29.1 Å². The smallest absolute Gasteiger partial charge is 0.266 e. The van der Waals surface area contributed by atoms with Crippen molar-refractivity contribution in [1.82, 2.24) is 4.98 Å². The fraction of sp³-hybridized carbons (Fsp3) is 0.0625. The molecule has 20 heavy (non-hydrogen) atoms. The van der Waals surface area contributed by atoms with E-state index in [2.05, 4.69) is 16.0 Å². The predicted octanol–water partition coefficient (Wildman–Crippen LogP) is 3.48. The lowest BCUT2D eigenvalue weighted by molar-refractivity contribution is 0.100. The largest absolute Gasteiger partial charge is 0.287 e. The van der Waals surface area contributed by atoms with Gasteiger partial charge >= 0.3 is 0 Å². The number of hydrogen-bond acceptors (Lipinski definition) is 3. The molecular weight excluding hydrogens is 268 g/mol. The van der Waals surface area contributed by atoms with E-state index in [0.29, 0.717) is 6.42 Å². The summed E-state index contributed by atoms with van der Waals surface area (Å²) in [6, 6.07) is 13.8. The molecule has 3 aromatic rings. The molecule has 0 spiro atoms. The Bertz CT molecular complexity index is 849. The van der Waals surface area contributed by atoms with E-state index in [1.165, 1.54) is 11.3 Å². The molecule has 1 aliphatic rings. The van der Waals surface area contributed by atoms with Gasteiger partial charge in [0, 0.05) is 17.3 Å². The van der Waals surface area contributed by atoms with Crippen molar-refractivity contribution < 1.29 is 4.79 Å². The molecule has 0 saturated carbocycles. The first-order valence-corrected chi connectivity index (χ1v) is 7.18. The van der Waals surface area contributed by atoms with Gasteiger partial charge < -0.3 is 0 Å². The molecule has 1 amide bonds. The fourth-order valence-corrected chi connectivity index (χ4v) is 3.61. The molecule has 0 saturated heterocycles. The number of nitrogens with zero attached hydrogens (tertiary/aromatic N) is 2. The van der Waals surface area contributed by atoms with Crippen molar-refractivity contribution in [2.45, 2.75) is 6.42 Å². The number of amides is 1. The summed E-state index contributed by atoms with van der Waals surface area (Å²) in [7, 11) is 0. The molecule has 1 aliphatic heterocycles. The molecule has 1 aromatic carbocycles. The monoisotopic (exact) mass is 278 g/mol. The summed E-state index contributed by atoms with van der Waals surface area (Å²) < 4.78 is 1.14. The summed E-state index contributed by atoms with van der Waals surface area (Å²) in [5, 5.41) is 1.16. The number of pyridine rings is 1. The summed E-state index contributed by atoms with van der Waals surface area (Å²) in [4.78, 5) is 21.5. The average molecular weight is 278 g/mol. The van der Waals surface area contributed by atoms with Crippen molar-refractivity contribution in [3.05, 3.63) is 64.8 Å². The van der Waals surface area contributed by atoms with Crippen LogP contribution in [0.3, 0.4) is 0 Å². The maximum atomic E-state index is 12.2. The molecule has 3 heterocycles. The zero-order valence-electron chi connectivity index (χ0n) is 10.5. The lowest BCUT2D eigenvalue weighted by Crippen LogP contribution is -2.16. The Morgan fingerprint density at radius 1 is 1.05 bits per heavy atom. The molecular formula is C16H10N2OS. The van der Waals surface area contributed by atoms with Crippen LogP contribution < -0.4 is 0 Å². The van der Waals surface area contributed by atoms with Gasteiger partial charge in [0.1, 0.15) is 0 Å². The van der Waals surface area contributed by atoms with Gasteiger partial charge in [0.15, 0.2) is 0 Å². The second-order valence-electron chi connectivity index (χ2n) is 4.66. The van der Waals surface area contributed by atoms with Crippen LogP contribution in [0.2, 0.25) is 0 Å². The molecule has 0 unspecified atom stereocenters. The topological polar surface area (TPSA) is 42.3 Å². The third-order valence-corrected chi connectivity index (χ3v) is 4.63. The molecule has 4 heteroatoms. The fourth-order valence-electron chi connectivity index (χ4n) is 2.51. The van der Waals surface area contributed by atoms with Gasteiger partial charge in [-0.2, -0.15) is 0 Å². The van der Waals surface area contributed by atoms with Gasteiger partial charge in [-0.15, -0.1) is 11.3 Å². The maximum absolute atomic E-state index is 12.2. The summed E-state index contributed by atoms with van der Waals surface area (Å²) in [6.07, 6.45) is 2.39. The molecule has 4 rings (SSSR count). The number of aromatic nitrogens is 1. The van der Waals surface area contributed by atoms with Crippen molar-refractivity contribution in [1.29, 1.82) is 0 Å². The van der Waals surface area contributed by atoms with E-state index in [1.807, 2.05) is 36.4 Å². The lowest BCUT2D eigenvalue weighted by atomic mass is 9.99. The van der Waals surface area contributed by atoms with Crippen LogP contribution in [0.4, 0.5) is 0 Å². The molecule has 0 aliphatic carbocycles. The van der Waals surface area contributed by atoms with Crippen LogP contribution >= 0.6 is 11.3 Å². The summed E-state index contributed by atoms with van der Waals surface area (Å²) >= 11 is 1.53. The Hall–Kier alpha value is -2.33. The normalized spacial score (nSPS) is 14.2. The number of hydrogen-bond donors (Lipinski definition) is 0. The summed E-state index contributed by atoms with van der Waals surface area (Å²) in [6.45, 7) is 0. The first-order chi connectivity index (χ1) is 9.83. The van der Waals surface area contributed by atoms with E-state index in [4.69, 9.17) is 0 Å². The molecule has 0 bridgehead atoms. The summed E-state index contributed by atoms with van der Waals surface area (Å²) in [5.41, 5.74) is 2.62. The Kier molecular flexibility index (Phi) is 2.50. The van der Waals surface area contributed by atoms with Crippen molar-refractivity contribution in [2.75, 3.05) is 0 Å². The van der Waals surface area contributed by atoms with E-state index in [0.717, 1.165) is 31.9 Å². The highest BCUT2D eigenvalue weighted by Crippen LogP contribution is 2.34. The van der Waals surface area contributed by atoms with Gasteiger partial charge in [-0.3, -0.25) is 9.78 Å². The minimum atomic E-state index is -0.145. The predicted molar refractivity (Wildman–Crippen MR) is 80.6 cm³/mol. The first kappa shape index (κ1) is 11.5. The lowest BCUT2D eigenvalue weighted by Gasteiger charge is -2.11. The minimum absolute atomic E-state index is 0.145. The average Bonchev–Trinajstić information content (AvgIpc) is 2.88.